The molecule has 0 saturated carbocycles. The molecule has 84 valence electrons. The summed E-state index contributed by atoms with van der Waals surface area (Å²) in [4.78, 5) is 10.8. The van der Waals surface area contributed by atoms with Gasteiger partial charge in [0, 0.05) is 12.5 Å². The zero-order chi connectivity index (χ0) is 12.1. The first-order chi connectivity index (χ1) is 7.56. The molecule has 3 nitrogen and oxygen atoms in total. The number of carbonyl (C=O) groups is 1. The number of rotatable bonds is 3. The van der Waals surface area contributed by atoms with Crippen LogP contribution in [0.4, 0.5) is 4.39 Å². The molecular weight excluding hydrogens is 209 g/mol. The monoisotopic (exact) mass is 221 g/mol. The first kappa shape index (κ1) is 12.2. The molecule has 0 heterocycles. The van der Waals surface area contributed by atoms with E-state index in [2.05, 4.69) is 0 Å². The Morgan fingerprint density at radius 3 is 2.50 bits per heavy atom. The molecule has 0 bridgehead atoms. The Hall–Kier alpha value is -1.89. The summed E-state index contributed by atoms with van der Waals surface area (Å²) in [5.41, 5.74) is 0.769. The normalized spacial score (nSPS) is 13.6. The third-order valence-corrected chi connectivity index (χ3v) is 2.16. The summed E-state index contributed by atoms with van der Waals surface area (Å²) in [5, 5.41) is 8.54. The summed E-state index contributed by atoms with van der Waals surface area (Å²) in [7, 11) is 0. The third kappa shape index (κ3) is 2.80. The lowest BCUT2D eigenvalue weighted by molar-refractivity contribution is -0.145. The number of alkyl halides is 1. The van der Waals surface area contributed by atoms with Crippen LogP contribution in [0.15, 0.2) is 24.3 Å². The van der Waals surface area contributed by atoms with Gasteiger partial charge in [0.25, 0.3) is 0 Å². The Morgan fingerprint density at radius 1 is 1.44 bits per heavy atom. The van der Waals surface area contributed by atoms with E-state index in [0.29, 0.717) is 5.56 Å². The van der Waals surface area contributed by atoms with Gasteiger partial charge in [0.1, 0.15) is 12.2 Å². The second kappa shape index (κ2) is 5.26. The van der Waals surface area contributed by atoms with Crippen molar-refractivity contribution < 1.29 is 13.9 Å². The number of esters is 1. The summed E-state index contributed by atoms with van der Waals surface area (Å²) in [5.74, 6) is -0.435. The third-order valence-electron chi connectivity index (χ3n) is 2.16. The second-order valence-electron chi connectivity index (χ2n) is 3.37. The fourth-order valence-corrected chi connectivity index (χ4v) is 1.49. The Labute approximate surface area is 93.5 Å². The van der Waals surface area contributed by atoms with Gasteiger partial charge in [-0.3, -0.25) is 4.79 Å². The maximum absolute atomic E-state index is 13.3. The maximum Gasteiger partial charge on any atom is 0.303 e. The molecule has 0 radical (unpaired) electrons. The van der Waals surface area contributed by atoms with E-state index in [4.69, 9.17) is 10.00 Å². The largest absolute Gasteiger partial charge is 0.458 e. The van der Waals surface area contributed by atoms with Crippen LogP contribution in [0.3, 0.4) is 0 Å². The molecule has 2 unspecified atom stereocenters. The maximum atomic E-state index is 13.3. The summed E-state index contributed by atoms with van der Waals surface area (Å²) in [6, 6.07) is 8.04. The van der Waals surface area contributed by atoms with Gasteiger partial charge in [-0.05, 0) is 12.5 Å². The van der Waals surface area contributed by atoms with Crippen molar-refractivity contribution in [1.82, 2.24) is 0 Å². The average molecular weight is 221 g/mol. The molecule has 0 aliphatic rings. The highest BCUT2D eigenvalue weighted by atomic mass is 19.1. The Morgan fingerprint density at radius 2 is 2.00 bits per heavy atom. The molecular formula is C12H12FNO2. The van der Waals surface area contributed by atoms with E-state index in [-0.39, 0.29) is 5.56 Å². The van der Waals surface area contributed by atoms with Crippen molar-refractivity contribution in [3.05, 3.63) is 35.4 Å². The van der Waals surface area contributed by atoms with Crippen LogP contribution in [0.1, 0.15) is 37.3 Å². The Balaban J connectivity index is 3.04. The van der Waals surface area contributed by atoms with Crippen molar-refractivity contribution in [3.8, 4) is 6.07 Å². The van der Waals surface area contributed by atoms with E-state index in [1.165, 1.54) is 19.1 Å². The van der Waals surface area contributed by atoms with Gasteiger partial charge in [-0.25, -0.2) is 4.39 Å². The minimum absolute atomic E-state index is 0.249. The highest BCUT2D eigenvalue weighted by Crippen LogP contribution is 2.27. The number of halogens is 1. The molecule has 0 aromatic heterocycles. The number of hydrogen-bond acceptors (Lipinski definition) is 3. The molecule has 0 spiro atoms. The van der Waals surface area contributed by atoms with Gasteiger partial charge in [-0.2, -0.15) is 5.26 Å². The number of carbonyl (C=O) groups excluding carboxylic acids is 1. The van der Waals surface area contributed by atoms with E-state index in [1.54, 1.807) is 25.1 Å². The lowest BCUT2D eigenvalue weighted by atomic mass is 10.00. The van der Waals surface area contributed by atoms with Crippen LogP contribution in [0.5, 0.6) is 0 Å². The van der Waals surface area contributed by atoms with Gasteiger partial charge in [0.15, 0.2) is 0 Å². The van der Waals surface area contributed by atoms with Crippen molar-refractivity contribution in [2.45, 2.75) is 26.1 Å². The molecule has 1 aromatic rings. The van der Waals surface area contributed by atoms with E-state index in [9.17, 15) is 9.18 Å². The topological polar surface area (TPSA) is 50.1 Å². The summed E-state index contributed by atoms with van der Waals surface area (Å²) >= 11 is 0. The molecule has 0 fully saturated rings. The van der Waals surface area contributed by atoms with Crippen molar-refractivity contribution >= 4 is 5.97 Å². The Kier molecular flexibility index (Phi) is 4.01. The van der Waals surface area contributed by atoms with Gasteiger partial charge in [-0.1, -0.05) is 24.3 Å². The van der Waals surface area contributed by atoms with Crippen LogP contribution in [-0.4, -0.2) is 5.97 Å². The van der Waals surface area contributed by atoms with Crippen LogP contribution in [0, 0.1) is 11.3 Å². The summed E-state index contributed by atoms with van der Waals surface area (Å²) in [6.07, 6.45) is -2.26. The van der Waals surface area contributed by atoms with E-state index < -0.39 is 18.2 Å². The van der Waals surface area contributed by atoms with Crippen LogP contribution in [0.25, 0.3) is 0 Å². The lowest BCUT2D eigenvalue weighted by Crippen LogP contribution is -2.08. The predicted molar refractivity (Wildman–Crippen MR) is 56.1 cm³/mol. The van der Waals surface area contributed by atoms with Gasteiger partial charge < -0.3 is 4.74 Å². The predicted octanol–water partition coefficient (Wildman–Crippen LogP) is 2.84. The molecule has 1 rings (SSSR count). The number of benzene rings is 1. The van der Waals surface area contributed by atoms with Gasteiger partial charge in [0.2, 0.25) is 6.17 Å². The standard InChI is InChI=1S/C12H12FNO2/c1-8(16-9(2)15)10-5-3-4-6-11(10)12(13)7-14/h3-6,8,12H,1-2H3. The van der Waals surface area contributed by atoms with Gasteiger partial charge >= 0.3 is 5.97 Å². The fourth-order valence-electron chi connectivity index (χ4n) is 1.49. The number of hydrogen-bond donors (Lipinski definition) is 0. The molecule has 0 amide bonds. The molecule has 0 aliphatic heterocycles. The fraction of sp³-hybridized carbons (Fsp3) is 0.333. The molecule has 2 atom stereocenters. The lowest BCUT2D eigenvalue weighted by Gasteiger charge is -2.16. The number of ether oxygens (including phenoxy) is 1. The zero-order valence-electron chi connectivity index (χ0n) is 9.11. The quantitative estimate of drug-likeness (QED) is 0.737. The van der Waals surface area contributed by atoms with Crippen LogP contribution in [-0.2, 0) is 9.53 Å². The first-order valence-electron chi connectivity index (χ1n) is 4.86. The Bertz CT molecular complexity index is 425. The molecule has 0 aliphatic carbocycles. The first-order valence-corrected chi connectivity index (χ1v) is 4.86. The SMILES string of the molecule is CC(=O)OC(C)c1ccccc1C(F)C#N. The second-order valence-corrected chi connectivity index (χ2v) is 3.37. The van der Waals surface area contributed by atoms with E-state index in [0.717, 1.165) is 0 Å². The zero-order valence-corrected chi connectivity index (χ0v) is 9.11. The average Bonchev–Trinajstić information content (AvgIpc) is 2.27. The smallest absolute Gasteiger partial charge is 0.303 e. The number of nitrogens with zero attached hydrogens (tertiary/aromatic N) is 1. The minimum Gasteiger partial charge on any atom is -0.458 e. The molecule has 16 heavy (non-hydrogen) atoms. The van der Waals surface area contributed by atoms with Gasteiger partial charge in [0.05, 0.1) is 0 Å². The highest BCUT2D eigenvalue weighted by Gasteiger charge is 2.18. The van der Waals surface area contributed by atoms with Crippen LogP contribution >= 0.6 is 0 Å². The van der Waals surface area contributed by atoms with Crippen molar-refractivity contribution in [2.24, 2.45) is 0 Å². The van der Waals surface area contributed by atoms with Crippen LogP contribution < -0.4 is 0 Å². The van der Waals surface area contributed by atoms with Crippen molar-refractivity contribution in [1.29, 1.82) is 5.26 Å². The van der Waals surface area contributed by atoms with Crippen molar-refractivity contribution in [3.63, 3.8) is 0 Å². The van der Waals surface area contributed by atoms with Crippen LogP contribution in [0.2, 0.25) is 0 Å². The molecule has 0 saturated heterocycles. The van der Waals surface area contributed by atoms with Gasteiger partial charge in [-0.15, -0.1) is 0 Å². The van der Waals surface area contributed by atoms with E-state index in [1.807, 2.05) is 0 Å². The highest BCUT2D eigenvalue weighted by molar-refractivity contribution is 5.66. The number of nitriles is 1. The molecule has 0 N–H and O–H groups in total. The van der Waals surface area contributed by atoms with E-state index >= 15 is 0 Å². The summed E-state index contributed by atoms with van der Waals surface area (Å²) in [6.45, 7) is 2.93. The van der Waals surface area contributed by atoms with Crippen molar-refractivity contribution in [2.75, 3.05) is 0 Å². The molecule has 1 aromatic carbocycles. The summed E-state index contributed by atoms with van der Waals surface area (Å²) < 4.78 is 18.3. The minimum atomic E-state index is -1.70. The molecule has 4 heteroatoms.